The Labute approximate surface area is 124 Å². The number of nitrogens with zero attached hydrogens (tertiary/aromatic N) is 2. The number of hydrogen-bond acceptors (Lipinski definition) is 5. The highest BCUT2D eigenvalue weighted by molar-refractivity contribution is 7.10. The van der Waals surface area contributed by atoms with Crippen LogP contribution < -0.4 is 5.32 Å². The third-order valence-electron chi connectivity index (χ3n) is 2.42. The zero-order valence-electron chi connectivity index (χ0n) is 10.5. The molecule has 2 rings (SSSR count). The van der Waals surface area contributed by atoms with Crippen molar-refractivity contribution in [2.24, 2.45) is 0 Å². The van der Waals surface area contributed by atoms with Crippen molar-refractivity contribution < 1.29 is 4.79 Å². The lowest BCUT2D eigenvalue weighted by Gasteiger charge is -2.02. The minimum Gasteiger partial charge on any atom is -0.355 e. The topological polar surface area (TPSA) is 54.9 Å². The molecule has 2 heterocycles. The first kappa shape index (κ1) is 14.4. The van der Waals surface area contributed by atoms with E-state index in [9.17, 15) is 4.79 Å². The maximum absolute atomic E-state index is 11.7. The van der Waals surface area contributed by atoms with E-state index in [1.807, 2.05) is 17.7 Å². The Morgan fingerprint density at radius 3 is 2.74 bits per heavy atom. The quantitative estimate of drug-likeness (QED) is 0.833. The number of nitrogens with one attached hydrogen (secondary N) is 1. The summed E-state index contributed by atoms with van der Waals surface area (Å²) >= 11 is 8.76. The second-order valence-electron chi connectivity index (χ2n) is 4.00. The number of thiazole rings is 2. The highest BCUT2D eigenvalue weighted by atomic mass is 35.5. The Kier molecular flexibility index (Phi) is 5.30. The van der Waals surface area contributed by atoms with Gasteiger partial charge in [0, 0.05) is 23.7 Å². The molecule has 4 nitrogen and oxygen atoms in total. The molecule has 0 aromatic carbocycles. The Balaban J connectivity index is 1.72. The fraction of sp³-hybridized carbons (Fsp3) is 0.417. The molecule has 0 unspecified atom stereocenters. The van der Waals surface area contributed by atoms with E-state index < -0.39 is 0 Å². The number of hydrogen-bond donors (Lipinski definition) is 1. The van der Waals surface area contributed by atoms with Crippen LogP contribution in [0.5, 0.6) is 0 Å². The smallest absolute Gasteiger partial charge is 0.226 e. The molecule has 1 amide bonds. The van der Waals surface area contributed by atoms with Gasteiger partial charge in [-0.25, -0.2) is 9.97 Å². The van der Waals surface area contributed by atoms with Gasteiger partial charge in [-0.2, -0.15) is 0 Å². The molecule has 0 bridgehead atoms. The van der Waals surface area contributed by atoms with Crippen LogP contribution in [0.25, 0.3) is 0 Å². The number of carbonyl (C=O) groups excluding carboxylic acids is 1. The standard InChI is InChI=1S/C12H14ClN3OS2/c1-8-15-9(6-18-8)2-3-14-11(17)4-12-16-10(5-13)7-19-12/h6-7H,2-5H2,1H3,(H,14,17). The SMILES string of the molecule is Cc1nc(CCNC(=O)Cc2nc(CCl)cs2)cs1. The minimum absolute atomic E-state index is 0.0116. The minimum atomic E-state index is -0.0116. The Morgan fingerprint density at radius 2 is 2.11 bits per heavy atom. The van der Waals surface area contributed by atoms with Gasteiger partial charge in [0.05, 0.1) is 28.7 Å². The van der Waals surface area contributed by atoms with Crippen LogP contribution in [0.2, 0.25) is 0 Å². The molecule has 0 radical (unpaired) electrons. The van der Waals surface area contributed by atoms with Crippen molar-refractivity contribution in [3.8, 4) is 0 Å². The molecule has 0 aliphatic carbocycles. The number of amides is 1. The Hall–Kier alpha value is -0.980. The van der Waals surface area contributed by atoms with Crippen LogP contribution in [-0.2, 0) is 23.5 Å². The van der Waals surface area contributed by atoms with Gasteiger partial charge in [-0.05, 0) is 6.92 Å². The maximum atomic E-state index is 11.7. The number of halogens is 1. The molecule has 102 valence electrons. The van der Waals surface area contributed by atoms with Crippen molar-refractivity contribution in [2.45, 2.75) is 25.6 Å². The lowest BCUT2D eigenvalue weighted by atomic mass is 10.3. The first-order chi connectivity index (χ1) is 9.17. The van der Waals surface area contributed by atoms with Crippen molar-refractivity contribution in [3.05, 3.63) is 32.2 Å². The predicted octanol–water partition coefficient (Wildman–Crippen LogP) is 2.55. The van der Waals surface area contributed by atoms with Gasteiger partial charge in [0.25, 0.3) is 0 Å². The van der Waals surface area contributed by atoms with E-state index in [4.69, 9.17) is 11.6 Å². The fourth-order valence-electron chi connectivity index (χ4n) is 1.54. The normalized spacial score (nSPS) is 10.6. The molecule has 0 saturated carbocycles. The first-order valence-electron chi connectivity index (χ1n) is 5.84. The number of carbonyl (C=O) groups is 1. The van der Waals surface area contributed by atoms with Crippen molar-refractivity contribution in [1.82, 2.24) is 15.3 Å². The van der Waals surface area contributed by atoms with Gasteiger partial charge in [0.2, 0.25) is 5.91 Å². The van der Waals surface area contributed by atoms with Gasteiger partial charge in [0.1, 0.15) is 5.01 Å². The van der Waals surface area contributed by atoms with Crippen LogP contribution in [0.1, 0.15) is 21.4 Å². The van der Waals surface area contributed by atoms with Crippen LogP contribution in [0, 0.1) is 6.92 Å². The average Bonchev–Trinajstić information content (AvgIpc) is 2.98. The summed E-state index contributed by atoms with van der Waals surface area (Å²) in [6.07, 6.45) is 1.08. The highest BCUT2D eigenvalue weighted by Gasteiger charge is 2.07. The summed E-state index contributed by atoms with van der Waals surface area (Å²) in [4.78, 5) is 20.3. The predicted molar refractivity (Wildman–Crippen MR) is 78.9 cm³/mol. The van der Waals surface area contributed by atoms with Crippen molar-refractivity contribution in [2.75, 3.05) is 6.54 Å². The zero-order valence-corrected chi connectivity index (χ0v) is 12.9. The van der Waals surface area contributed by atoms with Crippen LogP contribution in [0.3, 0.4) is 0 Å². The second-order valence-corrected chi connectivity index (χ2v) is 6.27. The molecule has 0 fully saturated rings. The van der Waals surface area contributed by atoms with Gasteiger partial charge >= 0.3 is 0 Å². The highest BCUT2D eigenvalue weighted by Crippen LogP contribution is 2.12. The second kappa shape index (κ2) is 6.98. The van der Waals surface area contributed by atoms with E-state index in [2.05, 4.69) is 15.3 Å². The average molecular weight is 316 g/mol. The molecular formula is C12H14ClN3OS2. The summed E-state index contributed by atoms with van der Waals surface area (Å²) < 4.78 is 0. The largest absolute Gasteiger partial charge is 0.355 e. The van der Waals surface area contributed by atoms with Crippen LogP contribution in [0.4, 0.5) is 0 Å². The van der Waals surface area contributed by atoms with Crippen molar-refractivity contribution in [3.63, 3.8) is 0 Å². The number of rotatable bonds is 6. The summed E-state index contributed by atoms with van der Waals surface area (Å²) in [5.41, 5.74) is 1.86. The Bertz CT molecular complexity index is 553. The van der Waals surface area contributed by atoms with Gasteiger partial charge in [-0.3, -0.25) is 4.79 Å². The number of aromatic nitrogens is 2. The van der Waals surface area contributed by atoms with E-state index in [0.29, 0.717) is 18.8 Å². The van der Waals surface area contributed by atoms with Crippen LogP contribution in [0.15, 0.2) is 10.8 Å². The maximum Gasteiger partial charge on any atom is 0.226 e. The molecule has 0 aliphatic heterocycles. The molecule has 0 spiro atoms. The summed E-state index contributed by atoms with van der Waals surface area (Å²) in [5.74, 6) is 0.379. The lowest BCUT2D eigenvalue weighted by Crippen LogP contribution is -2.27. The number of alkyl halides is 1. The van der Waals surface area contributed by atoms with Crippen molar-refractivity contribution in [1.29, 1.82) is 0 Å². The van der Waals surface area contributed by atoms with E-state index in [1.165, 1.54) is 11.3 Å². The molecule has 0 atom stereocenters. The van der Waals surface area contributed by atoms with Gasteiger partial charge in [-0.1, -0.05) is 0 Å². The van der Waals surface area contributed by atoms with E-state index in [0.717, 1.165) is 27.8 Å². The van der Waals surface area contributed by atoms with Crippen molar-refractivity contribution >= 4 is 40.2 Å². The third-order valence-corrected chi connectivity index (χ3v) is 4.41. The summed E-state index contributed by atoms with van der Waals surface area (Å²) in [6, 6.07) is 0. The summed E-state index contributed by atoms with van der Waals surface area (Å²) in [6.45, 7) is 2.58. The summed E-state index contributed by atoms with van der Waals surface area (Å²) in [5, 5.41) is 8.64. The van der Waals surface area contributed by atoms with Gasteiger partial charge in [-0.15, -0.1) is 34.3 Å². The van der Waals surface area contributed by atoms with E-state index >= 15 is 0 Å². The lowest BCUT2D eigenvalue weighted by molar-refractivity contribution is -0.120. The first-order valence-corrected chi connectivity index (χ1v) is 8.13. The third kappa shape index (κ3) is 4.56. The molecule has 19 heavy (non-hydrogen) atoms. The molecule has 0 saturated heterocycles. The molecule has 7 heteroatoms. The van der Waals surface area contributed by atoms with Gasteiger partial charge in [0.15, 0.2) is 0 Å². The molecule has 1 N–H and O–H groups in total. The Morgan fingerprint density at radius 1 is 1.32 bits per heavy atom. The van der Waals surface area contributed by atoms with Gasteiger partial charge < -0.3 is 5.32 Å². The fourth-order valence-corrected chi connectivity index (χ4v) is 3.21. The van der Waals surface area contributed by atoms with E-state index in [1.54, 1.807) is 11.3 Å². The zero-order chi connectivity index (χ0) is 13.7. The number of aryl methyl sites for hydroxylation is 1. The molecular weight excluding hydrogens is 302 g/mol. The summed E-state index contributed by atoms with van der Waals surface area (Å²) in [7, 11) is 0. The monoisotopic (exact) mass is 315 g/mol. The van der Waals surface area contributed by atoms with E-state index in [-0.39, 0.29) is 5.91 Å². The molecule has 2 aromatic rings. The van der Waals surface area contributed by atoms with Crippen LogP contribution >= 0.6 is 34.3 Å². The molecule has 0 aliphatic rings. The van der Waals surface area contributed by atoms with Crippen LogP contribution in [-0.4, -0.2) is 22.4 Å². The molecule has 2 aromatic heterocycles.